The molecular weight excluding hydrogens is 265 g/mol. The Hall–Kier alpha value is -1.17. The van der Waals surface area contributed by atoms with Crippen LogP contribution in [0.2, 0.25) is 0 Å². The van der Waals surface area contributed by atoms with E-state index in [9.17, 15) is 22.0 Å². The van der Waals surface area contributed by atoms with E-state index < -0.39 is 35.3 Å². The molecule has 1 aliphatic rings. The quantitative estimate of drug-likeness (QED) is 0.769. The molecule has 0 aliphatic carbocycles. The lowest BCUT2D eigenvalue weighted by Crippen LogP contribution is -2.42. The van der Waals surface area contributed by atoms with Crippen LogP contribution >= 0.6 is 0 Å². The molecule has 1 aliphatic heterocycles. The number of piperidine rings is 1. The summed E-state index contributed by atoms with van der Waals surface area (Å²) in [5, 5.41) is 2.60. The van der Waals surface area contributed by atoms with Crippen molar-refractivity contribution >= 4 is 0 Å². The van der Waals surface area contributed by atoms with Gasteiger partial charge in [-0.05, 0) is 37.9 Å². The third-order valence-corrected chi connectivity index (χ3v) is 3.51. The molecule has 1 nitrogen and oxygen atoms in total. The smallest absolute Gasteiger partial charge is 0.309 e. The highest BCUT2D eigenvalue weighted by Crippen LogP contribution is 2.42. The van der Waals surface area contributed by atoms with E-state index in [1.165, 1.54) is 13.0 Å². The minimum absolute atomic E-state index is 0.117. The first kappa shape index (κ1) is 14.2. The molecule has 2 atom stereocenters. The molecule has 1 saturated heterocycles. The monoisotopic (exact) mass is 279 g/mol. The van der Waals surface area contributed by atoms with Gasteiger partial charge in [0.1, 0.15) is 11.6 Å². The average Bonchev–Trinajstić information content (AvgIpc) is 2.34. The number of rotatable bonds is 1. The minimum Gasteiger partial charge on any atom is -0.309 e. The predicted octanol–water partition coefficient (Wildman–Crippen LogP) is 3.88. The molecule has 2 rings (SSSR count). The summed E-state index contributed by atoms with van der Waals surface area (Å²) in [4.78, 5) is 0. The van der Waals surface area contributed by atoms with Crippen LogP contribution < -0.4 is 5.32 Å². The molecule has 0 amide bonds. The molecule has 2 unspecified atom stereocenters. The second-order valence-corrected chi connectivity index (χ2v) is 4.81. The van der Waals surface area contributed by atoms with Gasteiger partial charge < -0.3 is 5.32 Å². The summed E-state index contributed by atoms with van der Waals surface area (Å²) in [7, 11) is 0. The van der Waals surface area contributed by atoms with E-state index in [1.807, 2.05) is 0 Å². The molecule has 0 bridgehead atoms. The van der Waals surface area contributed by atoms with Crippen LogP contribution in [0.4, 0.5) is 22.0 Å². The Balaban J connectivity index is 2.46. The molecule has 1 heterocycles. The first-order valence-electron chi connectivity index (χ1n) is 6.07. The van der Waals surface area contributed by atoms with E-state index in [1.54, 1.807) is 0 Å². The molecule has 0 saturated carbocycles. The summed E-state index contributed by atoms with van der Waals surface area (Å²) in [5.74, 6) is -3.59. The van der Waals surface area contributed by atoms with E-state index in [0.29, 0.717) is 13.0 Å². The Morgan fingerprint density at radius 2 is 1.89 bits per heavy atom. The van der Waals surface area contributed by atoms with Gasteiger partial charge in [-0.3, -0.25) is 0 Å². The van der Waals surface area contributed by atoms with Gasteiger partial charge >= 0.3 is 6.18 Å². The summed E-state index contributed by atoms with van der Waals surface area (Å²) in [6.07, 6.45) is -4.25. The molecule has 0 aromatic heterocycles. The van der Waals surface area contributed by atoms with Crippen molar-refractivity contribution in [3.63, 3.8) is 0 Å². The SMILES string of the molecule is Cc1ccc(F)c(C2NCCCC2C(F)(F)F)c1F. The molecule has 6 heteroatoms. The molecule has 1 N–H and O–H groups in total. The zero-order valence-corrected chi connectivity index (χ0v) is 10.3. The van der Waals surface area contributed by atoms with Gasteiger partial charge in [-0.2, -0.15) is 13.2 Å². The molecule has 0 spiro atoms. The van der Waals surface area contributed by atoms with Crippen molar-refractivity contribution in [2.75, 3.05) is 6.54 Å². The maximum atomic E-state index is 14.0. The molecular formula is C13H14F5N. The van der Waals surface area contributed by atoms with Crippen molar-refractivity contribution in [3.8, 4) is 0 Å². The number of alkyl halides is 3. The molecule has 0 radical (unpaired) electrons. The average molecular weight is 279 g/mol. The summed E-state index contributed by atoms with van der Waals surface area (Å²) in [5.41, 5.74) is -0.355. The third-order valence-electron chi connectivity index (χ3n) is 3.51. The number of halogens is 5. The predicted molar refractivity (Wildman–Crippen MR) is 60.6 cm³/mol. The summed E-state index contributed by atoms with van der Waals surface area (Å²) < 4.78 is 66.6. The number of hydrogen-bond acceptors (Lipinski definition) is 1. The van der Waals surface area contributed by atoms with E-state index in [2.05, 4.69) is 5.32 Å². The number of nitrogens with one attached hydrogen (secondary N) is 1. The molecule has 1 aromatic carbocycles. The maximum absolute atomic E-state index is 14.0. The van der Waals surface area contributed by atoms with E-state index in [4.69, 9.17) is 0 Å². The fourth-order valence-corrected chi connectivity index (χ4v) is 2.51. The normalized spacial score (nSPS) is 24.5. The Morgan fingerprint density at radius 1 is 1.21 bits per heavy atom. The Labute approximate surface area is 107 Å². The van der Waals surface area contributed by atoms with E-state index >= 15 is 0 Å². The Kier molecular flexibility index (Phi) is 3.80. The van der Waals surface area contributed by atoms with Crippen molar-refractivity contribution in [2.45, 2.75) is 32.0 Å². The summed E-state index contributed by atoms with van der Waals surface area (Å²) in [6, 6.07) is 0.880. The Morgan fingerprint density at radius 3 is 2.53 bits per heavy atom. The molecule has 106 valence electrons. The molecule has 1 aromatic rings. The third kappa shape index (κ3) is 2.73. The van der Waals surface area contributed by atoms with Crippen LogP contribution in [0.5, 0.6) is 0 Å². The topological polar surface area (TPSA) is 12.0 Å². The lowest BCUT2D eigenvalue weighted by atomic mass is 9.84. The van der Waals surface area contributed by atoms with E-state index in [0.717, 1.165) is 6.07 Å². The number of benzene rings is 1. The van der Waals surface area contributed by atoms with E-state index in [-0.39, 0.29) is 12.0 Å². The molecule has 1 fully saturated rings. The van der Waals surface area contributed by atoms with Gasteiger partial charge in [-0.1, -0.05) is 6.07 Å². The van der Waals surface area contributed by atoms with Crippen molar-refractivity contribution in [1.29, 1.82) is 0 Å². The zero-order valence-electron chi connectivity index (χ0n) is 10.3. The zero-order chi connectivity index (χ0) is 14.2. The lowest BCUT2D eigenvalue weighted by molar-refractivity contribution is -0.189. The van der Waals surface area contributed by atoms with Gasteiger partial charge in [0.05, 0.1) is 5.92 Å². The van der Waals surface area contributed by atoms with Crippen LogP contribution in [0.1, 0.15) is 30.0 Å². The van der Waals surface area contributed by atoms with Gasteiger partial charge in [-0.25, -0.2) is 8.78 Å². The van der Waals surface area contributed by atoms with Gasteiger partial charge in [0.2, 0.25) is 0 Å². The maximum Gasteiger partial charge on any atom is 0.393 e. The van der Waals surface area contributed by atoms with Crippen LogP contribution in [0, 0.1) is 24.5 Å². The lowest BCUT2D eigenvalue weighted by Gasteiger charge is -2.34. The fourth-order valence-electron chi connectivity index (χ4n) is 2.51. The largest absolute Gasteiger partial charge is 0.393 e. The van der Waals surface area contributed by atoms with Gasteiger partial charge in [-0.15, -0.1) is 0 Å². The van der Waals surface area contributed by atoms with Crippen molar-refractivity contribution < 1.29 is 22.0 Å². The fraction of sp³-hybridized carbons (Fsp3) is 0.538. The van der Waals surface area contributed by atoms with Gasteiger partial charge in [0, 0.05) is 11.6 Å². The standard InChI is InChI=1S/C13H14F5N/c1-7-4-5-9(14)10(11(7)15)12-8(13(16,17)18)3-2-6-19-12/h4-5,8,12,19H,2-3,6H2,1H3. The highest BCUT2D eigenvalue weighted by atomic mass is 19.4. The second kappa shape index (κ2) is 5.07. The summed E-state index contributed by atoms with van der Waals surface area (Å²) >= 11 is 0. The van der Waals surface area contributed by atoms with Crippen LogP contribution in [0.25, 0.3) is 0 Å². The van der Waals surface area contributed by atoms with Crippen molar-refractivity contribution in [1.82, 2.24) is 5.32 Å². The van der Waals surface area contributed by atoms with Gasteiger partial charge in [0.25, 0.3) is 0 Å². The van der Waals surface area contributed by atoms with Crippen LogP contribution in [0.15, 0.2) is 12.1 Å². The Bertz CT molecular complexity index is 469. The summed E-state index contributed by atoms with van der Waals surface area (Å²) in [6.45, 7) is 1.73. The number of hydrogen-bond donors (Lipinski definition) is 1. The van der Waals surface area contributed by atoms with Crippen LogP contribution in [-0.4, -0.2) is 12.7 Å². The first-order chi connectivity index (χ1) is 8.82. The minimum atomic E-state index is -4.47. The van der Waals surface area contributed by atoms with Crippen molar-refractivity contribution in [3.05, 3.63) is 34.9 Å². The highest BCUT2D eigenvalue weighted by Gasteiger charge is 2.47. The second-order valence-electron chi connectivity index (χ2n) is 4.81. The van der Waals surface area contributed by atoms with Gasteiger partial charge in [0.15, 0.2) is 0 Å². The first-order valence-corrected chi connectivity index (χ1v) is 6.07. The number of aryl methyl sites for hydroxylation is 1. The van der Waals surface area contributed by atoms with Crippen LogP contribution in [0.3, 0.4) is 0 Å². The van der Waals surface area contributed by atoms with Crippen LogP contribution in [-0.2, 0) is 0 Å². The van der Waals surface area contributed by atoms with Crippen molar-refractivity contribution in [2.24, 2.45) is 5.92 Å². The highest BCUT2D eigenvalue weighted by molar-refractivity contribution is 5.30. The molecule has 19 heavy (non-hydrogen) atoms.